The molecule has 0 aliphatic carbocycles. The Morgan fingerprint density at radius 2 is 2.10 bits per heavy atom. The van der Waals surface area contributed by atoms with Gasteiger partial charge in [0.25, 0.3) is 0 Å². The van der Waals surface area contributed by atoms with E-state index in [9.17, 15) is 9.18 Å². The van der Waals surface area contributed by atoms with Gasteiger partial charge in [0, 0.05) is 33.5 Å². The first kappa shape index (κ1) is 15.7. The van der Waals surface area contributed by atoms with Gasteiger partial charge in [0.15, 0.2) is 0 Å². The molecule has 0 aliphatic rings. The van der Waals surface area contributed by atoms with Gasteiger partial charge in [-0.3, -0.25) is 4.79 Å². The lowest BCUT2D eigenvalue weighted by Gasteiger charge is -2.06. The van der Waals surface area contributed by atoms with Crippen molar-refractivity contribution in [2.75, 3.05) is 16.8 Å². The Morgan fingerprint density at radius 1 is 1.29 bits per heavy atom. The summed E-state index contributed by atoms with van der Waals surface area (Å²) in [6, 6.07) is 11.3. The molecular weight excluding hydrogens is 311 g/mol. The molecule has 3 nitrogen and oxygen atoms in total. The average molecular weight is 325 g/mol. The van der Waals surface area contributed by atoms with E-state index < -0.39 is 0 Å². The SMILES string of the molecule is Nc1cc(F)cc(SCCC(=O)Nc2cccc(Cl)c2)c1. The number of nitrogens with two attached hydrogens (primary N) is 1. The molecule has 2 aromatic rings. The Hall–Kier alpha value is -1.72. The third-order valence-electron chi connectivity index (χ3n) is 2.60. The third-order valence-corrected chi connectivity index (χ3v) is 3.81. The molecule has 6 heteroatoms. The number of rotatable bonds is 5. The van der Waals surface area contributed by atoms with Crippen molar-refractivity contribution in [3.8, 4) is 0 Å². The molecule has 0 saturated heterocycles. The largest absolute Gasteiger partial charge is 0.399 e. The van der Waals surface area contributed by atoms with Crippen LogP contribution in [0.15, 0.2) is 47.4 Å². The Balaban J connectivity index is 1.81. The molecule has 21 heavy (non-hydrogen) atoms. The van der Waals surface area contributed by atoms with Crippen LogP contribution in [-0.4, -0.2) is 11.7 Å². The summed E-state index contributed by atoms with van der Waals surface area (Å²) in [6.45, 7) is 0. The van der Waals surface area contributed by atoms with Crippen LogP contribution in [0.1, 0.15) is 6.42 Å². The number of anilines is 2. The molecule has 0 aromatic heterocycles. The minimum atomic E-state index is -0.374. The highest BCUT2D eigenvalue weighted by Gasteiger charge is 2.05. The molecule has 0 heterocycles. The van der Waals surface area contributed by atoms with Gasteiger partial charge < -0.3 is 11.1 Å². The van der Waals surface area contributed by atoms with E-state index in [4.69, 9.17) is 17.3 Å². The standard InChI is InChI=1S/C15H14ClFN2OS/c16-10-2-1-3-13(6-10)19-15(20)4-5-21-14-8-11(17)7-12(18)9-14/h1-3,6-9H,4-5,18H2,(H,19,20). The van der Waals surface area contributed by atoms with Crippen LogP contribution in [-0.2, 0) is 4.79 Å². The van der Waals surface area contributed by atoms with Gasteiger partial charge in [0.05, 0.1) is 0 Å². The highest BCUT2D eigenvalue weighted by Crippen LogP contribution is 2.23. The Kier molecular flexibility index (Phi) is 5.47. The Labute approximate surface area is 131 Å². The van der Waals surface area contributed by atoms with Crippen molar-refractivity contribution in [2.24, 2.45) is 0 Å². The number of hydrogen-bond donors (Lipinski definition) is 2. The number of hydrogen-bond acceptors (Lipinski definition) is 3. The van der Waals surface area contributed by atoms with Crippen LogP contribution in [0.3, 0.4) is 0 Å². The Morgan fingerprint density at radius 3 is 2.81 bits per heavy atom. The first-order chi connectivity index (χ1) is 10.0. The summed E-state index contributed by atoms with van der Waals surface area (Å²) in [7, 11) is 0. The molecule has 0 fully saturated rings. The summed E-state index contributed by atoms with van der Waals surface area (Å²) < 4.78 is 13.2. The van der Waals surface area contributed by atoms with Crippen LogP contribution in [0.25, 0.3) is 0 Å². The second-order valence-electron chi connectivity index (χ2n) is 4.38. The van der Waals surface area contributed by atoms with Crippen LogP contribution in [0.4, 0.5) is 15.8 Å². The minimum absolute atomic E-state index is 0.117. The van der Waals surface area contributed by atoms with E-state index in [2.05, 4.69) is 5.32 Å². The second-order valence-corrected chi connectivity index (χ2v) is 5.98. The van der Waals surface area contributed by atoms with Gasteiger partial charge in [0.2, 0.25) is 5.91 Å². The molecule has 110 valence electrons. The summed E-state index contributed by atoms with van der Waals surface area (Å²) in [5, 5.41) is 3.32. The maximum Gasteiger partial charge on any atom is 0.225 e. The Bertz CT molecular complexity index is 631. The van der Waals surface area contributed by atoms with Crippen LogP contribution < -0.4 is 11.1 Å². The van der Waals surface area contributed by atoms with Crippen molar-refractivity contribution >= 4 is 40.6 Å². The molecule has 3 N–H and O–H groups in total. The zero-order chi connectivity index (χ0) is 15.2. The number of nitrogens with one attached hydrogen (secondary N) is 1. The fraction of sp³-hybridized carbons (Fsp3) is 0.133. The number of nitrogen functional groups attached to an aromatic ring is 1. The number of carbonyl (C=O) groups excluding carboxylic acids is 1. The summed E-state index contributed by atoms with van der Waals surface area (Å²) in [4.78, 5) is 12.5. The van der Waals surface area contributed by atoms with Gasteiger partial charge in [-0.15, -0.1) is 11.8 Å². The molecule has 0 aliphatic heterocycles. The van der Waals surface area contributed by atoms with Crippen molar-refractivity contribution in [1.29, 1.82) is 0 Å². The zero-order valence-electron chi connectivity index (χ0n) is 11.1. The fourth-order valence-corrected chi connectivity index (χ4v) is 2.85. The normalized spacial score (nSPS) is 10.4. The molecule has 0 radical (unpaired) electrons. The van der Waals surface area contributed by atoms with E-state index >= 15 is 0 Å². The lowest BCUT2D eigenvalue weighted by Crippen LogP contribution is -2.12. The molecule has 1 amide bonds. The maximum atomic E-state index is 13.2. The van der Waals surface area contributed by atoms with E-state index in [1.54, 1.807) is 30.3 Å². The van der Waals surface area contributed by atoms with E-state index in [0.29, 0.717) is 33.5 Å². The highest BCUT2D eigenvalue weighted by molar-refractivity contribution is 7.99. The molecular formula is C15H14ClFN2OS. The van der Waals surface area contributed by atoms with E-state index in [1.165, 1.54) is 23.9 Å². The number of carbonyl (C=O) groups is 1. The molecule has 2 aromatic carbocycles. The third kappa shape index (κ3) is 5.28. The summed E-state index contributed by atoms with van der Waals surface area (Å²) >= 11 is 7.22. The van der Waals surface area contributed by atoms with Crippen molar-refractivity contribution < 1.29 is 9.18 Å². The van der Waals surface area contributed by atoms with Gasteiger partial charge in [-0.25, -0.2) is 4.39 Å². The van der Waals surface area contributed by atoms with Crippen LogP contribution >= 0.6 is 23.4 Å². The van der Waals surface area contributed by atoms with Crippen LogP contribution in [0, 0.1) is 5.82 Å². The van der Waals surface area contributed by atoms with Gasteiger partial charge in [0.1, 0.15) is 5.82 Å². The first-order valence-electron chi connectivity index (χ1n) is 6.27. The topological polar surface area (TPSA) is 55.1 Å². The quantitative estimate of drug-likeness (QED) is 0.640. The molecule has 2 rings (SSSR count). The average Bonchev–Trinajstić information content (AvgIpc) is 2.37. The van der Waals surface area contributed by atoms with Crippen molar-refractivity contribution in [3.05, 3.63) is 53.3 Å². The zero-order valence-corrected chi connectivity index (χ0v) is 12.7. The highest BCUT2D eigenvalue weighted by atomic mass is 35.5. The number of amides is 1. The summed E-state index contributed by atoms with van der Waals surface area (Å²) in [5.74, 6) is 0.0463. The van der Waals surface area contributed by atoms with Crippen molar-refractivity contribution in [2.45, 2.75) is 11.3 Å². The van der Waals surface area contributed by atoms with Crippen molar-refractivity contribution in [1.82, 2.24) is 0 Å². The minimum Gasteiger partial charge on any atom is -0.399 e. The van der Waals surface area contributed by atoms with Crippen LogP contribution in [0.2, 0.25) is 5.02 Å². The predicted octanol–water partition coefficient (Wildman–Crippen LogP) is 4.18. The summed E-state index contributed by atoms with van der Waals surface area (Å²) in [6.07, 6.45) is 0.313. The molecule has 0 unspecified atom stereocenters. The van der Waals surface area contributed by atoms with E-state index in [-0.39, 0.29) is 11.7 Å². The first-order valence-corrected chi connectivity index (χ1v) is 7.63. The van der Waals surface area contributed by atoms with Gasteiger partial charge in [-0.2, -0.15) is 0 Å². The lowest BCUT2D eigenvalue weighted by atomic mass is 10.3. The second kappa shape index (κ2) is 7.33. The lowest BCUT2D eigenvalue weighted by molar-refractivity contribution is -0.115. The maximum absolute atomic E-state index is 13.2. The van der Waals surface area contributed by atoms with Gasteiger partial charge in [-0.1, -0.05) is 17.7 Å². The van der Waals surface area contributed by atoms with Gasteiger partial charge >= 0.3 is 0 Å². The number of benzene rings is 2. The molecule has 0 spiro atoms. The predicted molar refractivity (Wildman–Crippen MR) is 86.2 cm³/mol. The van der Waals surface area contributed by atoms with Crippen molar-refractivity contribution in [3.63, 3.8) is 0 Å². The fourth-order valence-electron chi connectivity index (χ4n) is 1.72. The molecule has 0 saturated carbocycles. The number of thioether (sulfide) groups is 1. The van der Waals surface area contributed by atoms with Gasteiger partial charge in [-0.05, 0) is 36.4 Å². The van der Waals surface area contributed by atoms with Crippen LogP contribution in [0.5, 0.6) is 0 Å². The van der Waals surface area contributed by atoms with E-state index in [0.717, 1.165) is 0 Å². The molecule has 0 atom stereocenters. The molecule has 0 bridgehead atoms. The number of halogens is 2. The van der Waals surface area contributed by atoms with E-state index in [1.807, 2.05) is 0 Å². The smallest absolute Gasteiger partial charge is 0.225 e. The monoisotopic (exact) mass is 324 g/mol. The summed E-state index contributed by atoms with van der Waals surface area (Å²) in [5.41, 5.74) is 6.60.